The summed E-state index contributed by atoms with van der Waals surface area (Å²) in [7, 11) is 0. The fraction of sp³-hybridized carbons (Fsp3) is 0.261. The Morgan fingerprint density at radius 3 is 2.54 bits per heavy atom. The van der Waals surface area contributed by atoms with E-state index in [9.17, 15) is 18.7 Å². The highest BCUT2D eigenvalue weighted by Gasteiger charge is 2.46. The van der Waals surface area contributed by atoms with Crippen molar-refractivity contribution in [1.82, 2.24) is 34.7 Å². The molecule has 2 aromatic heterocycles. The summed E-state index contributed by atoms with van der Waals surface area (Å²) in [6.45, 7) is 2.12. The van der Waals surface area contributed by atoms with E-state index in [1.54, 1.807) is 41.0 Å². The summed E-state index contributed by atoms with van der Waals surface area (Å²) in [4.78, 5) is 20.3. The molecule has 3 heterocycles. The van der Waals surface area contributed by atoms with Crippen molar-refractivity contribution in [1.29, 1.82) is 0 Å². The Balaban J connectivity index is 1.43. The zero-order valence-electron chi connectivity index (χ0n) is 18.7. The number of aliphatic hydroxyl groups is 1. The van der Waals surface area contributed by atoms with Crippen molar-refractivity contribution in [2.75, 3.05) is 18.0 Å². The quantitative estimate of drug-likeness (QED) is 0.436. The molecule has 4 aromatic rings. The lowest BCUT2D eigenvalue weighted by Gasteiger charge is -2.39. The lowest BCUT2D eigenvalue weighted by atomic mass is 9.85. The van der Waals surface area contributed by atoms with Crippen LogP contribution in [0.25, 0.3) is 5.69 Å². The van der Waals surface area contributed by atoms with Crippen molar-refractivity contribution < 1.29 is 18.7 Å². The van der Waals surface area contributed by atoms with E-state index in [0.717, 1.165) is 11.8 Å². The summed E-state index contributed by atoms with van der Waals surface area (Å²) in [5, 5.41) is 23.5. The number of urea groups is 1. The first-order valence-electron chi connectivity index (χ1n) is 10.9. The second-order valence-corrected chi connectivity index (χ2v) is 8.31. The van der Waals surface area contributed by atoms with E-state index in [1.807, 2.05) is 12.1 Å². The maximum absolute atomic E-state index is 14.8. The number of carbonyl (C=O) groups excluding carboxylic acids is 1. The molecule has 0 radical (unpaired) electrons. The number of anilines is 1. The van der Waals surface area contributed by atoms with E-state index in [2.05, 4.69) is 20.4 Å². The van der Waals surface area contributed by atoms with E-state index >= 15 is 0 Å². The summed E-state index contributed by atoms with van der Waals surface area (Å²) < 4.78 is 31.4. The molecule has 0 spiro atoms. The molecule has 35 heavy (non-hydrogen) atoms. The van der Waals surface area contributed by atoms with Crippen LogP contribution < -0.4 is 4.90 Å². The third-order valence-electron chi connectivity index (χ3n) is 6.32. The summed E-state index contributed by atoms with van der Waals surface area (Å²) in [5.41, 5.74) is -0.586. The van der Waals surface area contributed by atoms with Crippen molar-refractivity contribution in [2.45, 2.75) is 25.1 Å². The van der Waals surface area contributed by atoms with Crippen LogP contribution in [0.5, 0.6) is 0 Å². The van der Waals surface area contributed by atoms with Crippen molar-refractivity contribution in [3.63, 3.8) is 0 Å². The molecular weight excluding hydrogens is 458 g/mol. The number of aromatic nitrogens is 6. The number of carbonyl (C=O) groups is 1. The van der Waals surface area contributed by atoms with Gasteiger partial charge in [0.15, 0.2) is 0 Å². The molecule has 1 fully saturated rings. The van der Waals surface area contributed by atoms with E-state index in [4.69, 9.17) is 0 Å². The lowest BCUT2D eigenvalue weighted by Crippen LogP contribution is -2.53. The smallest absolute Gasteiger partial charge is 0.324 e. The molecule has 10 nitrogen and oxygen atoms in total. The van der Waals surface area contributed by atoms with Gasteiger partial charge < -0.3 is 10.0 Å². The highest BCUT2D eigenvalue weighted by Crippen LogP contribution is 2.35. The minimum Gasteiger partial charge on any atom is -0.381 e. The van der Waals surface area contributed by atoms with Gasteiger partial charge in [0.1, 0.15) is 29.9 Å². The second kappa shape index (κ2) is 8.87. The summed E-state index contributed by atoms with van der Waals surface area (Å²) >= 11 is 0. The van der Waals surface area contributed by atoms with Gasteiger partial charge in [0, 0.05) is 30.4 Å². The number of hydrogen-bond acceptors (Lipinski definition) is 6. The maximum Gasteiger partial charge on any atom is 0.324 e. The monoisotopic (exact) mass is 480 g/mol. The number of halogens is 2. The van der Waals surface area contributed by atoms with Crippen molar-refractivity contribution >= 4 is 11.7 Å². The molecule has 2 unspecified atom stereocenters. The van der Waals surface area contributed by atoms with Gasteiger partial charge in [0.2, 0.25) is 0 Å². The summed E-state index contributed by atoms with van der Waals surface area (Å²) in [5.74, 6) is -1.67. The predicted molar refractivity (Wildman–Crippen MR) is 121 cm³/mol. The summed E-state index contributed by atoms with van der Waals surface area (Å²) in [6, 6.07) is 8.99. The molecule has 1 aliphatic rings. The van der Waals surface area contributed by atoms with Crippen molar-refractivity contribution in [2.24, 2.45) is 0 Å². The summed E-state index contributed by atoms with van der Waals surface area (Å²) in [6.07, 6.45) is 5.96. The molecule has 2 atom stereocenters. The van der Waals surface area contributed by atoms with E-state index in [1.165, 1.54) is 28.3 Å². The van der Waals surface area contributed by atoms with E-state index in [0.29, 0.717) is 24.8 Å². The van der Waals surface area contributed by atoms with Gasteiger partial charge in [-0.25, -0.2) is 27.9 Å². The minimum absolute atomic E-state index is 0.134. The van der Waals surface area contributed by atoms with Gasteiger partial charge in [0.05, 0.1) is 30.7 Å². The second-order valence-electron chi connectivity index (χ2n) is 8.31. The first-order chi connectivity index (χ1) is 16.9. The molecule has 2 amide bonds. The Morgan fingerprint density at radius 1 is 1.11 bits per heavy atom. The molecule has 5 rings (SSSR count). The number of hydrogen-bond donors (Lipinski definition) is 1. The number of benzene rings is 2. The Morgan fingerprint density at radius 2 is 1.89 bits per heavy atom. The Kier molecular flexibility index (Phi) is 5.73. The largest absolute Gasteiger partial charge is 0.381 e. The lowest BCUT2D eigenvalue weighted by molar-refractivity contribution is -0.0475. The van der Waals surface area contributed by atoms with Gasteiger partial charge in [-0.2, -0.15) is 5.10 Å². The van der Waals surface area contributed by atoms with Gasteiger partial charge in [-0.1, -0.05) is 11.3 Å². The van der Waals surface area contributed by atoms with Gasteiger partial charge in [0.25, 0.3) is 0 Å². The van der Waals surface area contributed by atoms with Crippen LogP contribution in [0, 0.1) is 11.6 Å². The standard InChI is InChI=1S/C23H22F2N8O2/c1-16(23(35,13-30-15-26-14-28-30)20-7-2-17(24)12-21(20)25)31-10-11-32(22(31)34)18-3-5-19(6-4-18)33-9-8-27-29-33/h2-9,12,14-16,35H,10-11,13H2,1H3. The fourth-order valence-corrected chi connectivity index (χ4v) is 4.39. The van der Waals surface area contributed by atoms with Crippen molar-refractivity contribution in [3.8, 4) is 5.69 Å². The molecule has 180 valence electrons. The van der Waals surface area contributed by atoms with E-state index < -0.39 is 23.3 Å². The average Bonchev–Trinajstić information content (AvgIpc) is 3.61. The van der Waals surface area contributed by atoms with Crippen LogP contribution in [0.2, 0.25) is 0 Å². The Labute approximate surface area is 199 Å². The van der Waals surface area contributed by atoms with Gasteiger partial charge in [-0.05, 0) is 37.3 Å². The van der Waals surface area contributed by atoms with Gasteiger partial charge in [-0.15, -0.1) is 5.10 Å². The Hall–Kier alpha value is -4.19. The van der Waals surface area contributed by atoms with Crippen LogP contribution in [0.4, 0.5) is 19.3 Å². The van der Waals surface area contributed by atoms with Crippen LogP contribution >= 0.6 is 0 Å². The van der Waals surface area contributed by atoms with Crippen LogP contribution in [0.1, 0.15) is 12.5 Å². The number of amides is 2. The average molecular weight is 480 g/mol. The van der Waals surface area contributed by atoms with Crippen molar-refractivity contribution in [3.05, 3.63) is 84.7 Å². The number of nitrogens with zero attached hydrogens (tertiary/aromatic N) is 8. The normalized spacial score (nSPS) is 16.5. The topological polar surface area (TPSA) is 105 Å². The molecule has 0 bridgehead atoms. The molecule has 0 aliphatic carbocycles. The number of rotatable bonds is 7. The minimum atomic E-state index is -1.91. The van der Waals surface area contributed by atoms with Gasteiger partial charge in [-0.3, -0.25) is 4.90 Å². The Bertz CT molecular complexity index is 1310. The first kappa shape index (κ1) is 22.6. The third-order valence-corrected chi connectivity index (χ3v) is 6.32. The van der Waals surface area contributed by atoms with Crippen LogP contribution in [-0.2, 0) is 12.1 Å². The zero-order chi connectivity index (χ0) is 24.6. The molecule has 1 aliphatic heterocycles. The SMILES string of the molecule is CC(N1CCN(c2ccc(-n3ccnn3)cc2)C1=O)C(O)(Cn1cncn1)c1ccc(F)cc1F. The van der Waals surface area contributed by atoms with Crippen LogP contribution in [0.15, 0.2) is 67.5 Å². The third kappa shape index (κ3) is 4.12. The fourth-order valence-electron chi connectivity index (χ4n) is 4.39. The predicted octanol–water partition coefficient (Wildman–Crippen LogP) is 2.36. The maximum atomic E-state index is 14.8. The van der Waals surface area contributed by atoms with Gasteiger partial charge >= 0.3 is 6.03 Å². The molecular formula is C23H22F2N8O2. The molecule has 0 saturated carbocycles. The molecule has 2 aromatic carbocycles. The molecule has 1 saturated heterocycles. The highest BCUT2D eigenvalue weighted by molar-refractivity contribution is 5.94. The first-order valence-corrected chi connectivity index (χ1v) is 10.9. The molecule has 12 heteroatoms. The highest BCUT2D eigenvalue weighted by atomic mass is 19.1. The zero-order valence-corrected chi connectivity index (χ0v) is 18.7. The van der Waals surface area contributed by atoms with Crippen LogP contribution in [-0.4, -0.2) is 64.9 Å². The van der Waals surface area contributed by atoms with Crippen LogP contribution in [0.3, 0.4) is 0 Å². The van der Waals surface area contributed by atoms with E-state index in [-0.39, 0.29) is 18.1 Å². The molecule has 1 N–H and O–H groups in total.